The number of benzene rings is 1. The number of rotatable bonds is 2. The van der Waals surface area contributed by atoms with Crippen LogP contribution >= 0.6 is 0 Å². The van der Waals surface area contributed by atoms with Gasteiger partial charge in [0.15, 0.2) is 12.1 Å². The normalized spacial score (nSPS) is 30.2. The highest BCUT2D eigenvalue weighted by Gasteiger charge is 2.48. The van der Waals surface area contributed by atoms with Crippen molar-refractivity contribution in [1.82, 2.24) is 0 Å². The third-order valence-corrected chi connectivity index (χ3v) is 3.32. The molecule has 0 saturated carbocycles. The smallest absolute Gasteiger partial charge is 0.186 e. The van der Waals surface area contributed by atoms with E-state index < -0.39 is 5.60 Å². The summed E-state index contributed by atoms with van der Waals surface area (Å²) in [5, 5.41) is 0. The minimum absolute atomic E-state index is 0.0506. The predicted octanol–water partition coefficient (Wildman–Crippen LogP) is 2.42. The lowest BCUT2D eigenvalue weighted by atomic mass is 9.78. The van der Waals surface area contributed by atoms with E-state index in [1.807, 2.05) is 37.3 Å². The number of ether oxygens (including phenoxy) is 2. The lowest BCUT2D eigenvalue weighted by Gasteiger charge is -2.47. The summed E-state index contributed by atoms with van der Waals surface area (Å²) >= 11 is 0. The van der Waals surface area contributed by atoms with Crippen LogP contribution in [0.25, 0.3) is 0 Å². The van der Waals surface area contributed by atoms with Crippen molar-refractivity contribution < 1.29 is 14.3 Å². The molecule has 1 aliphatic heterocycles. The lowest BCUT2D eigenvalue weighted by molar-refractivity contribution is -0.295. The fourth-order valence-electron chi connectivity index (χ4n) is 2.49. The summed E-state index contributed by atoms with van der Waals surface area (Å²) in [5.74, 6) is 0.0506. The quantitative estimate of drug-likeness (QED) is 0.782. The summed E-state index contributed by atoms with van der Waals surface area (Å²) < 4.78 is 11.2. The van der Waals surface area contributed by atoms with Crippen molar-refractivity contribution in [2.24, 2.45) is 0 Å². The first-order chi connectivity index (χ1) is 8.25. The Morgan fingerprint density at radius 3 is 3.00 bits per heavy atom. The van der Waals surface area contributed by atoms with Crippen LogP contribution in [0.4, 0.5) is 0 Å². The molecule has 0 bridgehead atoms. The van der Waals surface area contributed by atoms with Crippen LogP contribution in [-0.4, -0.2) is 18.7 Å². The molecule has 3 rings (SSSR count). The Kier molecular flexibility index (Phi) is 2.38. The molecular weight excluding hydrogens is 216 g/mol. The summed E-state index contributed by atoms with van der Waals surface area (Å²) in [6.45, 7) is 2.59. The Morgan fingerprint density at radius 1 is 1.47 bits per heavy atom. The number of hydrogen-bond donors (Lipinski definition) is 0. The second kappa shape index (κ2) is 3.79. The molecule has 1 heterocycles. The van der Waals surface area contributed by atoms with Gasteiger partial charge in [-0.15, -0.1) is 0 Å². The second-order valence-electron chi connectivity index (χ2n) is 4.34. The Morgan fingerprint density at radius 2 is 2.24 bits per heavy atom. The Hall–Kier alpha value is -1.45. The third-order valence-electron chi connectivity index (χ3n) is 3.32. The van der Waals surface area contributed by atoms with E-state index in [2.05, 4.69) is 0 Å². The molecule has 17 heavy (non-hydrogen) atoms. The highest BCUT2D eigenvalue weighted by Crippen LogP contribution is 2.46. The van der Waals surface area contributed by atoms with Gasteiger partial charge in [-0.05, 0) is 24.6 Å². The van der Waals surface area contributed by atoms with Gasteiger partial charge < -0.3 is 9.47 Å². The summed E-state index contributed by atoms with van der Waals surface area (Å²) in [6, 6.07) is 7.62. The zero-order chi connectivity index (χ0) is 11.9. The molecule has 1 aromatic carbocycles. The van der Waals surface area contributed by atoms with Crippen molar-refractivity contribution in [1.29, 1.82) is 0 Å². The van der Waals surface area contributed by atoms with E-state index in [0.29, 0.717) is 6.61 Å². The molecule has 1 saturated heterocycles. The van der Waals surface area contributed by atoms with E-state index in [9.17, 15) is 4.79 Å². The molecule has 2 aliphatic rings. The first-order valence-electron chi connectivity index (χ1n) is 5.88. The number of ketones is 1. The fraction of sp³-hybridized carbons (Fsp3) is 0.357. The zero-order valence-corrected chi connectivity index (χ0v) is 9.68. The minimum Gasteiger partial charge on any atom is -0.353 e. The molecule has 1 aliphatic carbocycles. The monoisotopic (exact) mass is 230 g/mol. The molecule has 88 valence electrons. The third kappa shape index (κ3) is 1.54. The van der Waals surface area contributed by atoms with Crippen LogP contribution in [-0.2, 0) is 15.1 Å². The van der Waals surface area contributed by atoms with E-state index in [1.165, 1.54) is 0 Å². The van der Waals surface area contributed by atoms with Gasteiger partial charge in [0, 0.05) is 18.6 Å². The molecule has 3 heteroatoms. The number of allylic oxidation sites excluding steroid dienone is 1. The largest absolute Gasteiger partial charge is 0.353 e. The topological polar surface area (TPSA) is 35.5 Å². The molecule has 0 amide bonds. The Balaban J connectivity index is 1.94. The summed E-state index contributed by atoms with van der Waals surface area (Å²) in [4.78, 5) is 11.7. The molecule has 0 radical (unpaired) electrons. The SMILES string of the molecule is CCO[C@@H]1CC2(C=CC(=O)c3ccccc32)O1. The molecule has 0 N–H and O–H groups in total. The maximum Gasteiger partial charge on any atom is 0.186 e. The molecule has 1 unspecified atom stereocenters. The molecule has 2 atom stereocenters. The minimum atomic E-state index is -0.440. The standard InChI is InChI=1S/C14H14O3/c1-2-16-13-9-14(17-13)8-7-12(15)10-5-3-4-6-11(10)14/h3-8,13H,2,9H2,1H3/t13-,14?/m0/s1. The molecule has 1 fully saturated rings. The van der Waals surface area contributed by atoms with E-state index in [4.69, 9.17) is 9.47 Å². The van der Waals surface area contributed by atoms with Gasteiger partial charge in [0.05, 0.1) is 0 Å². The van der Waals surface area contributed by atoms with Crippen molar-refractivity contribution in [3.8, 4) is 0 Å². The van der Waals surface area contributed by atoms with Gasteiger partial charge in [-0.25, -0.2) is 0 Å². The predicted molar refractivity (Wildman–Crippen MR) is 62.7 cm³/mol. The van der Waals surface area contributed by atoms with Crippen LogP contribution in [0.15, 0.2) is 36.4 Å². The number of hydrogen-bond acceptors (Lipinski definition) is 3. The Labute approximate surface area is 100 Å². The van der Waals surface area contributed by atoms with Crippen LogP contribution in [0, 0.1) is 0 Å². The number of carbonyl (C=O) groups excluding carboxylic acids is 1. The fourth-order valence-corrected chi connectivity index (χ4v) is 2.49. The molecule has 1 spiro atoms. The van der Waals surface area contributed by atoms with Gasteiger partial charge in [0.25, 0.3) is 0 Å². The number of carbonyl (C=O) groups is 1. The molecule has 0 aromatic heterocycles. The summed E-state index contributed by atoms with van der Waals surface area (Å²) in [6.07, 6.45) is 4.09. The Bertz CT molecular complexity index is 484. The van der Waals surface area contributed by atoms with Crippen LogP contribution in [0.5, 0.6) is 0 Å². The average molecular weight is 230 g/mol. The van der Waals surface area contributed by atoms with Crippen molar-refractivity contribution in [2.75, 3.05) is 6.61 Å². The van der Waals surface area contributed by atoms with Crippen LogP contribution in [0.2, 0.25) is 0 Å². The van der Waals surface area contributed by atoms with E-state index >= 15 is 0 Å². The van der Waals surface area contributed by atoms with E-state index in [-0.39, 0.29) is 12.1 Å². The van der Waals surface area contributed by atoms with Gasteiger partial charge in [0.1, 0.15) is 5.60 Å². The van der Waals surface area contributed by atoms with Crippen LogP contribution in [0.1, 0.15) is 29.3 Å². The zero-order valence-electron chi connectivity index (χ0n) is 9.68. The van der Waals surface area contributed by atoms with Gasteiger partial charge >= 0.3 is 0 Å². The number of fused-ring (bicyclic) bond motifs is 2. The van der Waals surface area contributed by atoms with Gasteiger partial charge in [-0.2, -0.15) is 0 Å². The maximum atomic E-state index is 11.7. The lowest BCUT2D eigenvalue weighted by Crippen LogP contribution is -2.49. The first kappa shape index (κ1) is 10.7. The van der Waals surface area contributed by atoms with Crippen molar-refractivity contribution in [2.45, 2.75) is 25.2 Å². The summed E-state index contributed by atoms with van der Waals surface area (Å²) in [7, 11) is 0. The molecular formula is C14H14O3. The first-order valence-corrected chi connectivity index (χ1v) is 5.88. The molecule has 1 aromatic rings. The highest BCUT2D eigenvalue weighted by atomic mass is 16.7. The van der Waals surface area contributed by atoms with Gasteiger partial charge in [-0.1, -0.05) is 24.3 Å². The average Bonchev–Trinajstić information content (AvgIpc) is 2.31. The van der Waals surface area contributed by atoms with Crippen molar-refractivity contribution in [3.63, 3.8) is 0 Å². The van der Waals surface area contributed by atoms with Crippen molar-refractivity contribution >= 4 is 5.78 Å². The van der Waals surface area contributed by atoms with E-state index in [0.717, 1.165) is 17.5 Å². The molecule has 3 nitrogen and oxygen atoms in total. The summed E-state index contributed by atoms with van der Waals surface area (Å²) in [5.41, 5.74) is 1.26. The van der Waals surface area contributed by atoms with E-state index in [1.54, 1.807) is 6.08 Å². The maximum absolute atomic E-state index is 11.7. The van der Waals surface area contributed by atoms with Crippen LogP contribution in [0.3, 0.4) is 0 Å². The van der Waals surface area contributed by atoms with Crippen molar-refractivity contribution in [3.05, 3.63) is 47.5 Å². The van der Waals surface area contributed by atoms with Crippen LogP contribution < -0.4 is 0 Å². The van der Waals surface area contributed by atoms with Gasteiger partial charge in [-0.3, -0.25) is 4.79 Å². The second-order valence-corrected chi connectivity index (χ2v) is 4.34. The highest BCUT2D eigenvalue weighted by molar-refractivity contribution is 6.07. The van der Waals surface area contributed by atoms with Gasteiger partial charge in [0.2, 0.25) is 0 Å².